The van der Waals surface area contributed by atoms with Gasteiger partial charge in [0.05, 0.1) is 5.92 Å². The Morgan fingerprint density at radius 2 is 1.84 bits per heavy atom. The lowest BCUT2D eigenvalue weighted by molar-refractivity contribution is -0.130. The second kappa shape index (κ2) is 5.42. The van der Waals surface area contributed by atoms with Gasteiger partial charge in [0.1, 0.15) is 6.42 Å². The van der Waals surface area contributed by atoms with Crippen molar-refractivity contribution in [2.24, 2.45) is 0 Å². The first-order valence-electron chi connectivity index (χ1n) is 5.93. The maximum absolute atomic E-state index is 12.2. The van der Waals surface area contributed by atoms with E-state index in [-0.39, 0.29) is 11.8 Å². The van der Waals surface area contributed by atoms with Gasteiger partial charge in [-0.2, -0.15) is 13.2 Å². The minimum absolute atomic E-state index is 0.171. The van der Waals surface area contributed by atoms with E-state index in [0.29, 0.717) is 6.42 Å². The molecule has 0 saturated carbocycles. The molecule has 0 radical (unpaired) electrons. The van der Waals surface area contributed by atoms with Crippen LogP contribution in [0.2, 0.25) is 0 Å². The normalized spacial score (nSPS) is 13.5. The minimum atomic E-state index is -4.34. The first-order valence-corrected chi connectivity index (χ1v) is 5.93. The minimum Gasteiger partial charge on any atom is -0.424 e. The number of halogens is 3. The van der Waals surface area contributed by atoms with E-state index in [1.54, 1.807) is 0 Å². The van der Waals surface area contributed by atoms with Crippen LogP contribution in [0.15, 0.2) is 34.7 Å². The summed E-state index contributed by atoms with van der Waals surface area (Å²) >= 11 is 0. The largest absolute Gasteiger partial charge is 0.424 e. The third-order valence-corrected chi connectivity index (χ3v) is 2.74. The molecule has 0 aliphatic rings. The molecule has 1 heterocycles. The SMILES string of the molecule is CCC(c1ccccc1)c1nnc(CC(F)(F)F)o1. The summed E-state index contributed by atoms with van der Waals surface area (Å²) in [5.74, 6) is -0.333. The van der Waals surface area contributed by atoms with Crippen molar-refractivity contribution in [3.8, 4) is 0 Å². The van der Waals surface area contributed by atoms with Gasteiger partial charge in [0.15, 0.2) is 0 Å². The maximum Gasteiger partial charge on any atom is 0.397 e. The smallest absolute Gasteiger partial charge is 0.397 e. The molecular weight excluding hydrogens is 257 g/mol. The van der Waals surface area contributed by atoms with Crippen molar-refractivity contribution in [2.75, 3.05) is 0 Å². The fraction of sp³-hybridized carbons (Fsp3) is 0.385. The zero-order chi connectivity index (χ0) is 13.9. The Kier molecular flexibility index (Phi) is 3.87. The average molecular weight is 270 g/mol. The van der Waals surface area contributed by atoms with Gasteiger partial charge in [-0.25, -0.2) is 0 Å². The Hall–Kier alpha value is -1.85. The second-order valence-electron chi connectivity index (χ2n) is 4.20. The molecule has 0 spiro atoms. The molecule has 0 aliphatic heterocycles. The molecule has 2 rings (SSSR count). The van der Waals surface area contributed by atoms with Crippen LogP contribution in [0.25, 0.3) is 0 Å². The van der Waals surface area contributed by atoms with Gasteiger partial charge in [-0.15, -0.1) is 10.2 Å². The fourth-order valence-corrected chi connectivity index (χ4v) is 1.89. The van der Waals surface area contributed by atoms with Gasteiger partial charge in [0.2, 0.25) is 11.8 Å². The summed E-state index contributed by atoms with van der Waals surface area (Å²) in [6.45, 7) is 1.92. The molecule has 6 heteroatoms. The number of nitrogens with zero attached hydrogens (tertiary/aromatic N) is 2. The number of hydrogen-bond donors (Lipinski definition) is 0. The van der Waals surface area contributed by atoms with Gasteiger partial charge in [-0.1, -0.05) is 37.3 Å². The molecular formula is C13H13F3N2O. The average Bonchev–Trinajstić information content (AvgIpc) is 2.77. The highest BCUT2D eigenvalue weighted by atomic mass is 19.4. The summed E-state index contributed by atoms with van der Waals surface area (Å²) in [6, 6.07) is 9.39. The van der Waals surface area contributed by atoms with Crippen LogP contribution in [0.5, 0.6) is 0 Å². The highest BCUT2D eigenvalue weighted by molar-refractivity contribution is 5.24. The van der Waals surface area contributed by atoms with E-state index in [0.717, 1.165) is 5.56 Å². The first kappa shape index (κ1) is 13.6. The molecule has 3 nitrogen and oxygen atoms in total. The van der Waals surface area contributed by atoms with E-state index in [9.17, 15) is 13.2 Å². The monoisotopic (exact) mass is 270 g/mol. The topological polar surface area (TPSA) is 38.9 Å². The number of rotatable bonds is 4. The molecule has 0 fully saturated rings. The maximum atomic E-state index is 12.2. The highest BCUT2D eigenvalue weighted by Gasteiger charge is 2.31. The van der Waals surface area contributed by atoms with Crippen LogP contribution in [0, 0.1) is 0 Å². The third kappa shape index (κ3) is 3.56. The Morgan fingerprint density at radius 3 is 2.42 bits per heavy atom. The molecule has 0 saturated heterocycles. The summed E-state index contributed by atoms with van der Waals surface area (Å²) in [4.78, 5) is 0. The number of hydrogen-bond acceptors (Lipinski definition) is 3. The van der Waals surface area contributed by atoms with Crippen molar-refractivity contribution in [3.63, 3.8) is 0 Å². The van der Waals surface area contributed by atoms with Crippen LogP contribution in [0.4, 0.5) is 13.2 Å². The second-order valence-corrected chi connectivity index (χ2v) is 4.20. The lowest BCUT2D eigenvalue weighted by Crippen LogP contribution is -2.11. The molecule has 1 atom stereocenters. The van der Waals surface area contributed by atoms with Gasteiger partial charge in [-0.05, 0) is 12.0 Å². The van der Waals surface area contributed by atoms with Gasteiger partial charge in [-0.3, -0.25) is 0 Å². The first-order chi connectivity index (χ1) is 8.99. The van der Waals surface area contributed by atoms with Crippen LogP contribution in [-0.2, 0) is 6.42 Å². The number of benzene rings is 1. The summed E-state index contributed by atoms with van der Waals surface area (Å²) in [6.07, 6.45) is -4.85. The fourth-order valence-electron chi connectivity index (χ4n) is 1.89. The van der Waals surface area contributed by atoms with Crippen molar-refractivity contribution in [1.29, 1.82) is 0 Å². The van der Waals surface area contributed by atoms with Crippen LogP contribution in [0.3, 0.4) is 0 Å². The van der Waals surface area contributed by atoms with E-state index in [2.05, 4.69) is 10.2 Å². The van der Waals surface area contributed by atoms with Gasteiger partial charge >= 0.3 is 6.18 Å². The molecule has 0 bridgehead atoms. The quantitative estimate of drug-likeness (QED) is 0.850. The van der Waals surface area contributed by atoms with E-state index >= 15 is 0 Å². The number of alkyl halides is 3. The van der Waals surface area contributed by atoms with Gasteiger partial charge in [0, 0.05) is 0 Å². The molecule has 0 N–H and O–H groups in total. The number of aromatic nitrogens is 2. The Labute approximate surface area is 108 Å². The Bertz CT molecular complexity index is 522. The standard InChI is InChI=1S/C13H13F3N2O/c1-2-10(9-6-4-3-5-7-9)12-18-17-11(19-12)8-13(14,15)16/h3-7,10H,2,8H2,1H3. The molecule has 1 unspecified atom stereocenters. The molecule has 0 amide bonds. The van der Waals surface area contributed by atoms with E-state index < -0.39 is 18.5 Å². The summed E-state index contributed by atoms with van der Waals surface area (Å²) in [5.41, 5.74) is 0.951. The lowest BCUT2D eigenvalue weighted by atomic mass is 9.97. The predicted octanol–water partition coefficient (Wildman–Crippen LogP) is 3.72. The zero-order valence-electron chi connectivity index (χ0n) is 10.3. The molecule has 1 aromatic heterocycles. The molecule has 2 aromatic rings. The van der Waals surface area contributed by atoms with Crippen LogP contribution in [0.1, 0.15) is 36.6 Å². The van der Waals surface area contributed by atoms with E-state index in [4.69, 9.17) is 4.42 Å². The van der Waals surface area contributed by atoms with Crippen molar-refractivity contribution in [1.82, 2.24) is 10.2 Å². The zero-order valence-corrected chi connectivity index (χ0v) is 10.3. The molecule has 19 heavy (non-hydrogen) atoms. The van der Waals surface area contributed by atoms with Crippen molar-refractivity contribution in [2.45, 2.75) is 31.9 Å². The third-order valence-electron chi connectivity index (χ3n) is 2.74. The summed E-state index contributed by atoms with van der Waals surface area (Å²) in [7, 11) is 0. The van der Waals surface area contributed by atoms with Crippen LogP contribution in [-0.4, -0.2) is 16.4 Å². The van der Waals surface area contributed by atoms with Crippen LogP contribution < -0.4 is 0 Å². The highest BCUT2D eigenvalue weighted by Crippen LogP contribution is 2.28. The van der Waals surface area contributed by atoms with Gasteiger partial charge in [0.25, 0.3) is 0 Å². The van der Waals surface area contributed by atoms with Crippen molar-refractivity contribution < 1.29 is 17.6 Å². The Morgan fingerprint density at radius 1 is 1.16 bits per heavy atom. The van der Waals surface area contributed by atoms with E-state index in [1.165, 1.54) is 0 Å². The molecule has 1 aromatic carbocycles. The predicted molar refractivity (Wildman–Crippen MR) is 62.6 cm³/mol. The lowest BCUT2D eigenvalue weighted by Gasteiger charge is -2.10. The molecule has 0 aliphatic carbocycles. The summed E-state index contributed by atoms with van der Waals surface area (Å²) < 4.78 is 41.8. The van der Waals surface area contributed by atoms with Crippen LogP contribution >= 0.6 is 0 Å². The van der Waals surface area contributed by atoms with Crippen molar-refractivity contribution in [3.05, 3.63) is 47.7 Å². The van der Waals surface area contributed by atoms with E-state index in [1.807, 2.05) is 37.3 Å². The Balaban J connectivity index is 2.21. The summed E-state index contributed by atoms with van der Waals surface area (Å²) in [5, 5.41) is 7.19. The van der Waals surface area contributed by atoms with Crippen molar-refractivity contribution >= 4 is 0 Å². The molecule has 102 valence electrons. The van der Waals surface area contributed by atoms with Gasteiger partial charge < -0.3 is 4.42 Å².